The van der Waals surface area contributed by atoms with E-state index in [1.54, 1.807) is 19.0 Å². The molecule has 1 aliphatic rings. The number of carbonyl (C=O) groups excluding carboxylic acids is 1. The first-order valence-corrected chi connectivity index (χ1v) is 6.09. The number of likely N-dealkylation sites (N-methyl/N-ethyl adjacent to an activating group) is 1. The Morgan fingerprint density at radius 3 is 2.83 bits per heavy atom. The lowest BCUT2D eigenvalue weighted by Crippen LogP contribution is -2.43. The van der Waals surface area contributed by atoms with Crippen LogP contribution in [-0.4, -0.2) is 40.2 Å². The van der Waals surface area contributed by atoms with Crippen molar-refractivity contribution < 1.29 is 4.79 Å². The first-order chi connectivity index (χ1) is 8.49. The van der Waals surface area contributed by atoms with Crippen LogP contribution in [0.5, 0.6) is 0 Å². The fourth-order valence-corrected chi connectivity index (χ4v) is 2.19. The summed E-state index contributed by atoms with van der Waals surface area (Å²) in [6.07, 6.45) is 2.76. The minimum absolute atomic E-state index is 0.0964. The Balaban J connectivity index is 2.13. The molecule has 2 rings (SSSR count). The number of rotatable bonds is 2. The van der Waals surface area contributed by atoms with Gasteiger partial charge in [-0.25, -0.2) is 4.68 Å². The molecule has 98 valence electrons. The van der Waals surface area contributed by atoms with Gasteiger partial charge in [-0.15, -0.1) is 0 Å². The maximum Gasteiger partial charge on any atom is 0.287 e. The predicted molar refractivity (Wildman–Crippen MR) is 68.8 cm³/mol. The number of carbonyl (C=O) groups is 1. The van der Waals surface area contributed by atoms with Crippen molar-refractivity contribution in [3.63, 3.8) is 0 Å². The van der Waals surface area contributed by atoms with Gasteiger partial charge >= 0.3 is 0 Å². The number of nitrogens with one attached hydrogen (secondary N) is 1. The largest absolute Gasteiger partial charge is 0.378 e. The summed E-state index contributed by atoms with van der Waals surface area (Å²) < 4.78 is 1.18. The highest BCUT2D eigenvalue weighted by atomic mass is 35.5. The Morgan fingerprint density at radius 1 is 1.44 bits per heavy atom. The third-order valence-electron chi connectivity index (χ3n) is 3.06. The number of amides is 1. The van der Waals surface area contributed by atoms with Crippen molar-refractivity contribution in [3.8, 4) is 0 Å². The molecule has 0 radical (unpaired) electrons. The van der Waals surface area contributed by atoms with Gasteiger partial charge in [-0.3, -0.25) is 9.59 Å². The summed E-state index contributed by atoms with van der Waals surface area (Å²) in [4.78, 5) is 24.6. The molecule has 1 aromatic heterocycles. The average Bonchev–Trinajstić information content (AvgIpc) is 2.34. The number of halogens is 1. The van der Waals surface area contributed by atoms with Crippen LogP contribution in [0.4, 0.5) is 5.69 Å². The fourth-order valence-electron chi connectivity index (χ4n) is 1.96. The summed E-state index contributed by atoms with van der Waals surface area (Å²) in [5, 5.41) is 7.21. The van der Waals surface area contributed by atoms with Crippen molar-refractivity contribution >= 4 is 23.2 Å². The van der Waals surface area contributed by atoms with Crippen LogP contribution in [-0.2, 0) is 11.8 Å². The zero-order valence-electron chi connectivity index (χ0n) is 10.3. The normalized spacial score (nSPS) is 20.1. The number of piperidine rings is 1. The van der Waals surface area contributed by atoms with E-state index < -0.39 is 0 Å². The summed E-state index contributed by atoms with van der Waals surface area (Å²) in [5.41, 5.74) is 0.189. The fraction of sp³-hybridized carbons (Fsp3) is 0.545. The molecule has 0 aliphatic carbocycles. The van der Waals surface area contributed by atoms with Crippen LogP contribution in [0.25, 0.3) is 0 Å². The summed E-state index contributed by atoms with van der Waals surface area (Å²) >= 11 is 5.97. The van der Waals surface area contributed by atoms with Gasteiger partial charge in [0.2, 0.25) is 5.91 Å². The molecular formula is C11H15ClN4O2. The molecule has 1 N–H and O–H groups in total. The van der Waals surface area contributed by atoms with E-state index in [4.69, 9.17) is 11.6 Å². The van der Waals surface area contributed by atoms with E-state index in [1.165, 1.54) is 10.9 Å². The molecule has 0 spiro atoms. The van der Waals surface area contributed by atoms with Gasteiger partial charge in [0.1, 0.15) is 5.02 Å². The van der Waals surface area contributed by atoms with Crippen LogP contribution in [0.1, 0.15) is 12.8 Å². The molecule has 6 nitrogen and oxygen atoms in total. The van der Waals surface area contributed by atoms with Crippen LogP contribution in [0.3, 0.4) is 0 Å². The molecule has 1 fully saturated rings. The highest BCUT2D eigenvalue weighted by Gasteiger charge is 2.23. The lowest BCUT2D eigenvalue weighted by molar-refractivity contribution is -0.132. The predicted octanol–water partition coefficient (Wildman–Crippen LogP) is 0.466. The Labute approximate surface area is 110 Å². The van der Waals surface area contributed by atoms with E-state index in [1.807, 2.05) is 0 Å². The second-order valence-electron chi connectivity index (χ2n) is 4.46. The maximum atomic E-state index is 11.6. The van der Waals surface area contributed by atoms with Crippen molar-refractivity contribution in [3.05, 3.63) is 21.6 Å². The van der Waals surface area contributed by atoms with Crippen LogP contribution < -0.4 is 10.9 Å². The van der Waals surface area contributed by atoms with E-state index in [0.717, 1.165) is 6.42 Å². The van der Waals surface area contributed by atoms with Gasteiger partial charge in [-0.1, -0.05) is 11.6 Å². The third kappa shape index (κ3) is 2.48. The van der Waals surface area contributed by atoms with Gasteiger partial charge in [0.15, 0.2) is 0 Å². The van der Waals surface area contributed by atoms with Crippen LogP contribution >= 0.6 is 11.6 Å². The molecule has 0 saturated carbocycles. The number of likely N-dealkylation sites (tertiary alicyclic amines) is 1. The van der Waals surface area contributed by atoms with Crippen molar-refractivity contribution in [2.75, 3.05) is 18.9 Å². The smallest absolute Gasteiger partial charge is 0.287 e. The van der Waals surface area contributed by atoms with Crippen LogP contribution in [0.15, 0.2) is 11.0 Å². The summed E-state index contributed by atoms with van der Waals surface area (Å²) in [7, 11) is 3.31. The Hall–Kier alpha value is -1.56. The number of hydrogen-bond donors (Lipinski definition) is 1. The lowest BCUT2D eigenvalue weighted by atomic mass is 10.1. The summed E-state index contributed by atoms with van der Waals surface area (Å²) in [6, 6.07) is 0.0964. The van der Waals surface area contributed by atoms with Crippen molar-refractivity contribution in [1.29, 1.82) is 0 Å². The van der Waals surface area contributed by atoms with Gasteiger partial charge in [-0.05, 0) is 6.42 Å². The molecule has 0 aromatic carbocycles. The molecule has 1 amide bonds. The van der Waals surface area contributed by atoms with Crippen molar-refractivity contribution in [1.82, 2.24) is 14.7 Å². The van der Waals surface area contributed by atoms with E-state index in [9.17, 15) is 9.59 Å². The Kier molecular flexibility index (Phi) is 3.56. The topological polar surface area (TPSA) is 67.2 Å². The molecule has 7 heteroatoms. The minimum atomic E-state index is -0.332. The van der Waals surface area contributed by atoms with E-state index in [2.05, 4.69) is 10.4 Å². The second-order valence-corrected chi connectivity index (χ2v) is 4.83. The highest BCUT2D eigenvalue weighted by Crippen LogP contribution is 2.19. The lowest BCUT2D eigenvalue weighted by Gasteiger charge is -2.30. The molecule has 1 unspecified atom stereocenters. The minimum Gasteiger partial charge on any atom is -0.378 e. The van der Waals surface area contributed by atoms with Gasteiger partial charge in [-0.2, -0.15) is 5.10 Å². The Bertz CT molecular complexity index is 528. The number of aryl methyl sites for hydroxylation is 1. The summed E-state index contributed by atoms with van der Waals surface area (Å²) in [6.45, 7) is 0.602. The van der Waals surface area contributed by atoms with E-state index in [0.29, 0.717) is 18.7 Å². The maximum absolute atomic E-state index is 11.6. The molecule has 1 saturated heterocycles. The van der Waals surface area contributed by atoms with Gasteiger partial charge in [0, 0.05) is 33.1 Å². The zero-order chi connectivity index (χ0) is 13.3. The molecule has 18 heavy (non-hydrogen) atoms. The van der Waals surface area contributed by atoms with Gasteiger partial charge < -0.3 is 10.2 Å². The third-order valence-corrected chi connectivity index (χ3v) is 3.43. The number of aromatic nitrogens is 2. The van der Waals surface area contributed by atoms with Gasteiger partial charge in [0.05, 0.1) is 11.9 Å². The molecule has 1 aliphatic heterocycles. The molecule has 0 bridgehead atoms. The summed E-state index contributed by atoms with van der Waals surface area (Å²) in [5.74, 6) is 0.140. The van der Waals surface area contributed by atoms with Gasteiger partial charge in [0.25, 0.3) is 5.56 Å². The first-order valence-electron chi connectivity index (χ1n) is 5.71. The van der Waals surface area contributed by atoms with Crippen molar-refractivity contribution in [2.24, 2.45) is 7.05 Å². The van der Waals surface area contributed by atoms with E-state index in [-0.39, 0.29) is 22.5 Å². The van der Waals surface area contributed by atoms with Crippen LogP contribution in [0, 0.1) is 0 Å². The number of nitrogens with zero attached hydrogens (tertiary/aromatic N) is 3. The van der Waals surface area contributed by atoms with Crippen LogP contribution in [0.2, 0.25) is 5.02 Å². The number of hydrogen-bond acceptors (Lipinski definition) is 4. The second kappa shape index (κ2) is 4.97. The highest BCUT2D eigenvalue weighted by molar-refractivity contribution is 6.32. The standard InChI is InChI=1S/C11H15ClN4O2/c1-15-6-7(3-4-9(15)17)14-8-5-13-16(2)11(18)10(8)12/h5,7,14H,3-4,6H2,1-2H3. The van der Waals surface area contributed by atoms with E-state index >= 15 is 0 Å². The van der Waals surface area contributed by atoms with Crippen molar-refractivity contribution in [2.45, 2.75) is 18.9 Å². The molecular weight excluding hydrogens is 256 g/mol. The first kappa shape index (κ1) is 12.9. The molecule has 1 atom stereocenters. The SMILES string of the molecule is CN1CC(Nc2cnn(C)c(=O)c2Cl)CCC1=O. The number of anilines is 1. The quantitative estimate of drug-likeness (QED) is 0.848. The molecule has 1 aromatic rings. The zero-order valence-corrected chi connectivity index (χ0v) is 11.1. The Morgan fingerprint density at radius 2 is 2.17 bits per heavy atom. The monoisotopic (exact) mass is 270 g/mol. The molecule has 2 heterocycles. The average molecular weight is 271 g/mol.